The van der Waals surface area contributed by atoms with Crippen LogP contribution in [0.25, 0.3) is 6.08 Å². The number of aromatic nitrogens is 1. The van der Waals surface area contributed by atoms with Crippen molar-refractivity contribution < 1.29 is 4.84 Å². The minimum absolute atomic E-state index is 1.01. The molecule has 0 fully saturated rings. The lowest BCUT2D eigenvalue weighted by molar-refractivity contribution is 0.166. The van der Waals surface area contributed by atoms with Gasteiger partial charge in [-0.25, -0.2) is 0 Å². The van der Waals surface area contributed by atoms with E-state index in [0.717, 1.165) is 17.8 Å². The summed E-state index contributed by atoms with van der Waals surface area (Å²) in [6.45, 7) is 2.27. The molecule has 1 aromatic rings. The summed E-state index contributed by atoms with van der Waals surface area (Å²) in [5, 5.41) is 0. The van der Waals surface area contributed by atoms with Gasteiger partial charge in [-0.3, -0.25) is 4.99 Å². The molecule has 3 nitrogen and oxygen atoms in total. The van der Waals surface area contributed by atoms with E-state index in [4.69, 9.17) is 9.83 Å². The number of rotatable bonds is 12. The van der Waals surface area contributed by atoms with Crippen LogP contribution in [-0.2, 0) is 0 Å². The third-order valence-corrected chi connectivity index (χ3v) is 4.49. The Morgan fingerprint density at radius 1 is 1.00 bits per heavy atom. The third-order valence-electron chi connectivity index (χ3n) is 4.49. The second-order valence-electron chi connectivity index (χ2n) is 6.53. The van der Waals surface area contributed by atoms with E-state index in [1.165, 1.54) is 63.5 Å². The highest BCUT2D eigenvalue weighted by Crippen LogP contribution is 2.17. The van der Waals surface area contributed by atoms with Crippen LogP contribution in [-0.4, -0.2) is 17.6 Å². The van der Waals surface area contributed by atoms with Crippen LogP contribution in [0.15, 0.2) is 41.2 Å². The lowest BCUT2D eigenvalue weighted by Gasteiger charge is -2.03. The van der Waals surface area contributed by atoms with Crippen LogP contribution in [0.1, 0.15) is 76.8 Å². The molecule has 1 aliphatic rings. The minimum Gasteiger partial charge on any atom is -0.417 e. The summed E-state index contributed by atoms with van der Waals surface area (Å²) in [5.74, 6) is 0. The number of hydrogen-bond donors (Lipinski definition) is 0. The Labute approximate surface area is 147 Å². The fourth-order valence-corrected chi connectivity index (χ4v) is 3.07. The largest absolute Gasteiger partial charge is 0.417 e. The molecule has 0 N–H and O–H groups in total. The SMILES string of the molecule is CCCCCCCCCCCC1=NC(=Cc2cccn2OC)C=C1. The molecule has 0 atom stereocenters. The van der Waals surface area contributed by atoms with E-state index in [1.807, 2.05) is 18.3 Å². The number of nitrogens with zero attached hydrogens (tertiary/aromatic N) is 2. The van der Waals surface area contributed by atoms with Gasteiger partial charge in [-0.05, 0) is 43.2 Å². The van der Waals surface area contributed by atoms with Crippen molar-refractivity contribution >= 4 is 11.8 Å². The van der Waals surface area contributed by atoms with E-state index in [-0.39, 0.29) is 0 Å². The summed E-state index contributed by atoms with van der Waals surface area (Å²) in [6, 6.07) is 4.00. The van der Waals surface area contributed by atoms with Crippen molar-refractivity contribution in [3.05, 3.63) is 41.9 Å². The normalized spacial score (nSPS) is 15.2. The fraction of sp³-hybridized carbons (Fsp3) is 0.571. The Hall–Kier alpha value is -1.77. The van der Waals surface area contributed by atoms with E-state index in [2.05, 4.69) is 25.2 Å². The molecule has 0 aliphatic carbocycles. The van der Waals surface area contributed by atoms with E-state index in [0.29, 0.717) is 0 Å². The van der Waals surface area contributed by atoms with Crippen LogP contribution < -0.4 is 4.84 Å². The highest BCUT2D eigenvalue weighted by Gasteiger charge is 2.06. The maximum absolute atomic E-state index is 5.26. The first kappa shape index (κ1) is 18.6. The first-order valence-corrected chi connectivity index (χ1v) is 9.52. The van der Waals surface area contributed by atoms with Crippen molar-refractivity contribution in [1.82, 2.24) is 4.73 Å². The fourth-order valence-electron chi connectivity index (χ4n) is 3.07. The lowest BCUT2D eigenvalue weighted by atomic mass is 10.1. The number of aliphatic imine (C=N–C) groups is 1. The molecule has 24 heavy (non-hydrogen) atoms. The quantitative estimate of drug-likeness (QED) is 0.444. The molecule has 0 bridgehead atoms. The van der Waals surface area contributed by atoms with Gasteiger partial charge in [0.2, 0.25) is 0 Å². The monoisotopic (exact) mass is 328 g/mol. The molecule has 132 valence electrons. The summed E-state index contributed by atoms with van der Waals surface area (Å²) in [5.41, 5.74) is 3.24. The van der Waals surface area contributed by atoms with Crippen molar-refractivity contribution in [2.24, 2.45) is 4.99 Å². The smallest absolute Gasteiger partial charge is 0.104 e. The van der Waals surface area contributed by atoms with Crippen molar-refractivity contribution in [3.63, 3.8) is 0 Å². The van der Waals surface area contributed by atoms with Gasteiger partial charge in [-0.1, -0.05) is 58.3 Å². The van der Waals surface area contributed by atoms with Gasteiger partial charge in [0.25, 0.3) is 0 Å². The van der Waals surface area contributed by atoms with E-state index >= 15 is 0 Å². The Bertz CT molecular complexity index is 566. The lowest BCUT2D eigenvalue weighted by Crippen LogP contribution is -2.05. The molecule has 0 unspecified atom stereocenters. The molecule has 0 amide bonds. The second kappa shape index (κ2) is 10.9. The number of allylic oxidation sites excluding steroid dienone is 2. The molecule has 0 saturated heterocycles. The number of hydrogen-bond acceptors (Lipinski definition) is 2. The van der Waals surface area contributed by atoms with Crippen LogP contribution >= 0.6 is 0 Å². The Morgan fingerprint density at radius 3 is 2.42 bits per heavy atom. The molecule has 1 aromatic heterocycles. The molecule has 2 heterocycles. The van der Waals surface area contributed by atoms with Crippen LogP contribution in [0.2, 0.25) is 0 Å². The van der Waals surface area contributed by atoms with Gasteiger partial charge in [-0.2, -0.15) is 4.73 Å². The zero-order valence-electron chi connectivity index (χ0n) is 15.3. The van der Waals surface area contributed by atoms with Crippen molar-refractivity contribution in [2.75, 3.05) is 7.11 Å². The predicted molar refractivity (Wildman–Crippen MR) is 103 cm³/mol. The molecular weight excluding hydrogens is 296 g/mol. The molecule has 0 saturated carbocycles. The van der Waals surface area contributed by atoms with Gasteiger partial charge in [0, 0.05) is 11.9 Å². The van der Waals surface area contributed by atoms with Gasteiger partial charge in [0.05, 0.1) is 11.4 Å². The summed E-state index contributed by atoms with van der Waals surface area (Å²) >= 11 is 0. The second-order valence-corrected chi connectivity index (χ2v) is 6.53. The zero-order valence-corrected chi connectivity index (χ0v) is 15.3. The molecule has 2 rings (SSSR count). The standard InChI is InChI=1S/C21H32N2O/c1-3-4-5-6-7-8-9-10-11-13-19-15-16-20(22-19)18-21-14-12-17-23(21)24-2/h12,14-18H,3-11,13H2,1-2H3. The molecule has 1 aliphatic heterocycles. The van der Waals surface area contributed by atoms with Gasteiger partial charge in [0.15, 0.2) is 0 Å². The van der Waals surface area contributed by atoms with E-state index in [9.17, 15) is 0 Å². The van der Waals surface area contributed by atoms with E-state index in [1.54, 1.807) is 11.8 Å². The van der Waals surface area contributed by atoms with Crippen molar-refractivity contribution in [1.29, 1.82) is 0 Å². The summed E-state index contributed by atoms with van der Waals surface area (Å²) in [7, 11) is 1.67. The first-order valence-electron chi connectivity index (χ1n) is 9.52. The summed E-state index contributed by atoms with van der Waals surface area (Å²) < 4.78 is 1.74. The molecule has 0 spiro atoms. The maximum atomic E-state index is 5.26. The predicted octanol–water partition coefficient (Wildman–Crippen LogP) is 5.82. The average molecular weight is 329 g/mol. The van der Waals surface area contributed by atoms with Crippen LogP contribution in [0.5, 0.6) is 0 Å². The van der Waals surface area contributed by atoms with Crippen molar-refractivity contribution in [3.8, 4) is 0 Å². The summed E-state index contributed by atoms with van der Waals surface area (Å²) in [4.78, 5) is 9.96. The zero-order chi connectivity index (χ0) is 17.0. The average Bonchev–Trinajstić information content (AvgIpc) is 3.23. The highest BCUT2D eigenvalue weighted by atomic mass is 16.6. The Kier molecular flexibility index (Phi) is 8.43. The van der Waals surface area contributed by atoms with Gasteiger partial charge >= 0.3 is 0 Å². The maximum Gasteiger partial charge on any atom is 0.104 e. The first-order chi connectivity index (χ1) is 11.8. The minimum atomic E-state index is 1.01. The molecular formula is C21H32N2O. The van der Waals surface area contributed by atoms with Gasteiger partial charge < -0.3 is 4.84 Å². The van der Waals surface area contributed by atoms with Crippen LogP contribution in [0.4, 0.5) is 0 Å². The van der Waals surface area contributed by atoms with Gasteiger partial charge in [-0.15, -0.1) is 0 Å². The Balaban J connectivity index is 1.62. The van der Waals surface area contributed by atoms with Gasteiger partial charge in [0.1, 0.15) is 7.11 Å². The van der Waals surface area contributed by atoms with Crippen LogP contribution in [0, 0.1) is 0 Å². The number of unbranched alkanes of at least 4 members (excludes halogenated alkanes) is 8. The summed E-state index contributed by atoms with van der Waals surface area (Å²) in [6.07, 6.45) is 21.6. The highest BCUT2D eigenvalue weighted by molar-refractivity contribution is 5.99. The molecule has 0 radical (unpaired) electrons. The topological polar surface area (TPSA) is 26.5 Å². The Morgan fingerprint density at radius 2 is 1.71 bits per heavy atom. The van der Waals surface area contributed by atoms with Crippen LogP contribution in [0.3, 0.4) is 0 Å². The van der Waals surface area contributed by atoms with E-state index < -0.39 is 0 Å². The molecule has 0 aromatic carbocycles. The van der Waals surface area contributed by atoms with Crippen molar-refractivity contribution in [2.45, 2.75) is 71.1 Å². The third kappa shape index (κ3) is 6.38. The molecule has 3 heteroatoms.